The molecule has 0 aliphatic rings. The van der Waals surface area contributed by atoms with Gasteiger partial charge in [0.25, 0.3) is 3.25 Å². The third-order valence-corrected chi connectivity index (χ3v) is 4.07. The zero-order valence-electron chi connectivity index (χ0n) is 12.7. The molecule has 2 atom stereocenters. The molecule has 160 valence electrons. The normalized spacial score (nSPS) is 12.0. The van der Waals surface area contributed by atoms with Gasteiger partial charge in [0.2, 0.25) is 0 Å². The number of carboxylic acids is 4. The van der Waals surface area contributed by atoms with E-state index >= 15 is 0 Å². The molecule has 4 N–H and O–H groups in total. The number of carbonyl (C=O) groups is 4. The molecule has 0 fully saturated rings. The van der Waals surface area contributed by atoms with E-state index < -0.39 is 36.8 Å². The highest BCUT2D eigenvalue weighted by atomic mass is 80.9. The fourth-order valence-corrected chi connectivity index (χ4v) is 1.38. The molecule has 8 nitrogen and oxygen atoms in total. The number of hydrogen-bond acceptors (Lipinski definition) is 4. The van der Waals surface area contributed by atoms with Crippen LogP contribution in [-0.4, -0.2) is 57.2 Å². The molecule has 0 radical (unpaired) electrons. The Bertz CT molecular complexity index is 481. The molecule has 0 aromatic carbocycles. The lowest BCUT2D eigenvalue weighted by Crippen LogP contribution is -2.25. The minimum absolute atomic E-state index is 0.220. The molecule has 27 heavy (non-hydrogen) atoms. The minimum Gasteiger partial charge on any atom is -0.481 e. The molecule has 16 heteroatoms. The van der Waals surface area contributed by atoms with Gasteiger partial charge in [0.15, 0.2) is 0 Å². The Morgan fingerprint density at radius 2 is 1.26 bits per heavy atom. The van der Waals surface area contributed by atoms with E-state index in [0.717, 1.165) is 12.2 Å². The molecule has 0 amide bonds. The predicted octanol–water partition coefficient (Wildman–Crippen LogP) is 5.42. The fraction of sp³-hybridized carbons (Fsp3) is 0.455. The molecular formula is C11H12Br4Cl4O8. The van der Waals surface area contributed by atoms with Gasteiger partial charge in [-0.1, -0.05) is 84.3 Å². The summed E-state index contributed by atoms with van der Waals surface area (Å²) < 4.78 is -1.61. The first-order valence-corrected chi connectivity index (χ1v) is 12.9. The minimum atomic E-state index is -1.61. The van der Waals surface area contributed by atoms with Gasteiger partial charge >= 0.3 is 23.9 Å². The SMILES string of the molecule is BrBr.ClC(Cl)(Cl)Cl.O=C(O)/C=C/CC(=O)O.O=C(O)CC(Br)C(Br)C(=O)O. The van der Waals surface area contributed by atoms with Crippen molar-refractivity contribution in [2.24, 2.45) is 0 Å². The van der Waals surface area contributed by atoms with Crippen LogP contribution in [0, 0.1) is 0 Å². The summed E-state index contributed by atoms with van der Waals surface area (Å²) in [6, 6.07) is 0. The maximum atomic E-state index is 10.3. The van der Waals surface area contributed by atoms with E-state index in [2.05, 4.69) is 60.1 Å². The monoisotopic (exact) mass is 728 g/mol. The molecule has 0 spiro atoms. The first-order chi connectivity index (χ1) is 12.1. The third-order valence-electron chi connectivity index (χ3n) is 1.48. The van der Waals surface area contributed by atoms with Crippen LogP contribution < -0.4 is 0 Å². The third kappa shape index (κ3) is 46.6. The van der Waals surface area contributed by atoms with Crippen LogP contribution in [0.3, 0.4) is 0 Å². The maximum Gasteiger partial charge on any atom is 0.327 e. The van der Waals surface area contributed by atoms with Crippen LogP contribution in [0.1, 0.15) is 12.8 Å². The van der Waals surface area contributed by atoms with E-state index in [1.165, 1.54) is 0 Å². The first-order valence-electron chi connectivity index (χ1n) is 5.81. The summed E-state index contributed by atoms with van der Waals surface area (Å²) >= 11 is 30.6. The Kier molecular flexibility index (Phi) is 27.9. The highest BCUT2D eigenvalue weighted by Gasteiger charge is 2.24. The Morgan fingerprint density at radius 3 is 1.48 bits per heavy atom. The average molecular weight is 734 g/mol. The van der Waals surface area contributed by atoms with Gasteiger partial charge in [-0.3, -0.25) is 14.4 Å². The van der Waals surface area contributed by atoms with Crippen molar-refractivity contribution in [1.29, 1.82) is 0 Å². The van der Waals surface area contributed by atoms with Crippen LogP contribution in [0.5, 0.6) is 0 Å². The van der Waals surface area contributed by atoms with Crippen LogP contribution in [0.4, 0.5) is 0 Å². The van der Waals surface area contributed by atoms with Gasteiger partial charge in [0, 0.05) is 39.2 Å². The van der Waals surface area contributed by atoms with Gasteiger partial charge in [0.05, 0.1) is 12.8 Å². The summed E-state index contributed by atoms with van der Waals surface area (Å²) in [6.07, 6.45) is 1.41. The fourth-order valence-electron chi connectivity index (χ4n) is 0.686. The molecule has 0 aromatic rings. The second kappa shape index (κ2) is 21.4. The molecule has 0 saturated carbocycles. The van der Waals surface area contributed by atoms with E-state index in [0.29, 0.717) is 0 Å². The largest absolute Gasteiger partial charge is 0.481 e. The summed E-state index contributed by atoms with van der Waals surface area (Å²) in [5.74, 6) is -4.27. The van der Waals surface area contributed by atoms with Crippen LogP contribution in [0.25, 0.3) is 0 Å². The lowest BCUT2D eigenvalue weighted by Gasteiger charge is -2.08. The van der Waals surface area contributed by atoms with Crippen LogP contribution in [-0.2, 0) is 19.2 Å². The zero-order chi connectivity index (χ0) is 22.8. The Hall–Kier alpha value is 0.700. The molecule has 0 heterocycles. The lowest BCUT2D eigenvalue weighted by molar-refractivity contribution is -0.138. The second-order valence-corrected chi connectivity index (χ2v) is 9.21. The molecule has 0 aliphatic carbocycles. The van der Waals surface area contributed by atoms with Crippen molar-refractivity contribution in [3.05, 3.63) is 12.2 Å². The highest BCUT2D eigenvalue weighted by molar-refractivity contribution is 9.93. The van der Waals surface area contributed by atoms with Gasteiger partial charge in [-0.05, 0) is 0 Å². The Morgan fingerprint density at radius 1 is 0.889 bits per heavy atom. The number of rotatable bonds is 7. The van der Waals surface area contributed by atoms with Crippen LogP contribution in [0.15, 0.2) is 12.2 Å². The van der Waals surface area contributed by atoms with Crippen LogP contribution >= 0.6 is 107 Å². The van der Waals surface area contributed by atoms with Crippen molar-refractivity contribution >= 4 is 130 Å². The molecule has 0 aromatic heterocycles. The molecular weight excluding hydrogens is 722 g/mol. The Balaban J connectivity index is -0.000000148. The smallest absolute Gasteiger partial charge is 0.327 e. The zero-order valence-corrected chi connectivity index (χ0v) is 22.0. The summed E-state index contributed by atoms with van der Waals surface area (Å²) in [6.45, 7) is 0. The van der Waals surface area contributed by atoms with Crippen molar-refractivity contribution in [3.63, 3.8) is 0 Å². The topological polar surface area (TPSA) is 149 Å². The molecule has 0 aliphatic heterocycles. The summed E-state index contributed by atoms with van der Waals surface area (Å²) in [7, 11) is 0. The number of aliphatic carboxylic acids is 4. The van der Waals surface area contributed by atoms with Crippen molar-refractivity contribution in [2.45, 2.75) is 25.7 Å². The first kappa shape index (κ1) is 35.2. The van der Waals surface area contributed by atoms with Crippen molar-refractivity contribution < 1.29 is 39.6 Å². The number of alkyl halides is 6. The van der Waals surface area contributed by atoms with E-state index in [1.54, 1.807) is 0 Å². The molecule has 0 saturated heterocycles. The summed E-state index contributed by atoms with van der Waals surface area (Å²) in [5.41, 5.74) is 0. The number of halogens is 8. The molecule has 0 rings (SSSR count). The molecule has 0 bridgehead atoms. The van der Waals surface area contributed by atoms with Gasteiger partial charge in [-0.2, -0.15) is 0 Å². The predicted molar refractivity (Wildman–Crippen MR) is 118 cm³/mol. The van der Waals surface area contributed by atoms with Gasteiger partial charge < -0.3 is 20.4 Å². The van der Waals surface area contributed by atoms with Crippen molar-refractivity contribution in [3.8, 4) is 0 Å². The second-order valence-electron chi connectivity index (χ2n) is 3.62. The maximum absolute atomic E-state index is 10.3. The standard InChI is InChI=1S/C5H6Br2O4.C5H6O4.CCl4.Br2/c6-2(1-3(8)9)4(7)5(10)11;6-4(7)2-1-3-5(8)9;2-1(3,4)5;1-2/h2,4H,1H2,(H,8,9)(H,10,11);1-2H,3H2,(H,6,7)(H,8,9);;/b;2-1+;;. The summed E-state index contributed by atoms with van der Waals surface area (Å²) in [5, 5.41) is 32.6. The van der Waals surface area contributed by atoms with E-state index in [9.17, 15) is 19.2 Å². The Labute approximate surface area is 206 Å². The lowest BCUT2D eigenvalue weighted by atomic mass is 10.2. The number of hydrogen-bond donors (Lipinski definition) is 4. The van der Waals surface area contributed by atoms with E-state index in [-0.39, 0.29) is 12.8 Å². The molecule has 2 unspecified atom stereocenters. The average Bonchev–Trinajstić information content (AvgIpc) is 2.45. The highest BCUT2D eigenvalue weighted by Crippen LogP contribution is 2.29. The summed E-state index contributed by atoms with van der Waals surface area (Å²) in [4.78, 5) is 38.3. The number of carboxylic acid groups (broad SMARTS) is 4. The van der Waals surface area contributed by atoms with E-state index in [1.807, 2.05) is 0 Å². The van der Waals surface area contributed by atoms with Gasteiger partial charge in [-0.25, -0.2) is 4.79 Å². The van der Waals surface area contributed by atoms with Crippen molar-refractivity contribution in [1.82, 2.24) is 0 Å². The van der Waals surface area contributed by atoms with Crippen molar-refractivity contribution in [2.75, 3.05) is 0 Å². The van der Waals surface area contributed by atoms with E-state index in [4.69, 9.17) is 66.8 Å². The van der Waals surface area contributed by atoms with Gasteiger partial charge in [-0.15, -0.1) is 0 Å². The van der Waals surface area contributed by atoms with Crippen LogP contribution in [0.2, 0.25) is 0 Å². The quantitative estimate of drug-likeness (QED) is 0.200. The van der Waals surface area contributed by atoms with Gasteiger partial charge in [0.1, 0.15) is 4.83 Å².